The minimum Gasteiger partial charge on any atom is -0.466 e. The SMILES string of the molecule is CCOC(=O)C1CCN(C(=O)[C@@H](C)OC(=O)[C@H]2CC(=O)N(c3ccc(C)cc3)C2)CC1. The molecule has 168 valence electrons. The Labute approximate surface area is 182 Å². The summed E-state index contributed by atoms with van der Waals surface area (Å²) in [7, 11) is 0. The van der Waals surface area contributed by atoms with Crippen molar-refractivity contribution < 1.29 is 28.7 Å². The van der Waals surface area contributed by atoms with Crippen molar-refractivity contribution in [3.63, 3.8) is 0 Å². The largest absolute Gasteiger partial charge is 0.466 e. The second-order valence-corrected chi connectivity index (χ2v) is 8.17. The van der Waals surface area contributed by atoms with Gasteiger partial charge in [0.05, 0.1) is 18.4 Å². The Balaban J connectivity index is 1.50. The van der Waals surface area contributed by atoms with Gasteiger partial charge in [-0.3, -0.25) is 19.2 Å². The lowest BCUT2D eigenvalue weighted by atomic mass is 9.96. The van der Waals surface area contributed by atoms with Gasteiger partial charge in [-0.1, -0.05) is 17.7 Å². The number of carbonyl (C=O) groups excluding carboxylic acids is 4. The third-order valence-corrected chi connectivity index (χ3v) is 5.87. The first kappa shape index (κ1) is 22.8. The van der Waals surface area contributed by atoms with E-state index in [1.54, 1.807) is 23.6 Å². The minimum atomic E-state index is -0.935. The maximum absolute atomic E-state index is 12.7. The summed E-state index contributed by atoms with van der Waals surface area (Å²) >= 11 is 0. The number of anilines is 1. The van der Waals surface area contributed by atoms with E-state index in [2.05, 4.69) is 0 Å². The molecular weight excluding hydrogens is 400 g/mol. The Hall–Kier alpha value is -2.90. The van der Waals surface area contributed by atoms with E-state index in [-0.39, 0.29) is 36.7 Å². The summed E-state index contributed by atoms with van der Waals surface area (Å²) in [6, 6.07) is 7.54. The van der Waals surface area contributed by atoms with Crippen molar-refractivity contribution in [2.24, 2.45) is 11.8 Å². The van der Waals surface area contributed by atoms with Crippen LogP contribution in [0.15, 0.2) is 24.3 Å². The number of rotatable bonds is 6. The number of hydrogen-bond acceptors (Lipinski definition) is 6. The Kier molecular flexibility index (Phi) is 7.30. The fourth-order valence-electron chi connectivity index (χ4n) is 4.01. The zero-order chi connectivity index (χ0) is 22.5. The number of aryl methyl sites for hydroxylation is 1. The van der Waals surface area contributed by atoms with E-state index in [9.17, 15) is 19.2 Å². The summed E-state index contributed by atoms with van der Waals surface area (Å²) in [5, 5.41) is 0. The standard InChI is InChI=1S/C23H30N2O6/c1-4-30-22(28)17-9-11-24(12-10-17)21(27)16(3)31-23(29)18-13-20(26)25(14-18)19-7-5-15(2)6-8-19/h5-8,16-18H,4,9-14H2,1-3H3/t16-,18+/m1/s1. The van der Waals surface area contributed by atoms with Gasteiger partial charge in [0.25, 0.3) is 5.91 Å². The molecule has 0 radical (unpaired) electrons. The molecule has 2 atom stereocenters. The van der Waals surface area contributed by atoms with Crippen molar-refractivity contribution in [3.8, 4) is 0 Å². The number of amides is 2. The van der Waals surface area contributed by atoms with E-state index in [4.69, 9.17) is 9.47 Å². The van der Waals surface area contributed by atoms with E-state index in [0.29, 0.717) is 32.5 Å². The lowest BCUT2D eigenvalue weighted by Crippen LogP contribution is -2.46. The molecule has 2 heterocycles. The third kappa shape index (κ3) is 5.42. The number of piperidine rings is 1. The van der Waals surface area contributed by atoms with E-state index >= 15 is 0 Å². The first-order chi connectivity index (χ1) is 14.8. The predicted molar refractivity (Wildman–Crippen MR) is 113 cm³/mol. The lowest BCUT2D eigenvalue weighted by molar-refractivity contribution is -0.163. The molecule has 3 rings (SSSR count). The van der Waals surface area contributed by atoms with Gasteiger partial charge < -0.3 is 19.3 Å². The number of carbonyl (C=O) groups is 4. The number of nitrogens with zero attached hydrogens (tertiary/aromatic N) is 2. The van der Waals surface area contributed by atoms with Crippen LogP contribution in [-0.4, -0.2) is 61.0 Å². The van der Waals surface area contributed by atoms with E-state index in [1.165, 1.54) is 0 Å². The topological polar surface area (TPSA) is 93.2 Å². The van der Waals surface area contributed by atoms with Gasteiger partial charge in [0.15, 0.2) is 6.10 Å². The molecule has 0 N–H and O–H groups in total. The molecule has 0 aliphatic carbocycles. The average molecular weight is 431 g/mol. The summed E-state index contributed by atoms with van der Waals surface area (Å²) in [4.78, 5) is 52.7. The maximum Gasteiger partial charge on any atom is 0.312 e. The van der Waals surface area contributed by atoms with Crippen molar-refractivity contribution in [2.75, 3.05) is 31.1 Å². The maximum atomic E-state index is 12.7. The number of hydrogen-bond donors (Lipinski definition) is 0. The van der Waals surface area contributed by atoms with Crippen LogP contribution in [0.2, 0.25) is 0 Å². The summed E-state index contributed by atoms with van der Waals surface area (Å²) in [5.41, 5.74) is 1.84. The summed E-state index contributed by atoms with van der Waals surface area (Å²) < 4.78 is 10.5. The molecule has 8 heteroatoms. The second kappa shape index (κ2) is 9.94. The highest BCUT2D eigenvalue weighted by molar-refractivity contribution is 5.99. The zero-order valence-electron chi connectivity index (χ0n) is 18.3. The summed E-state index contributed by atoms with van der Waals surface area (Å²) in [5.74, 6) is -1.97. The normalized spacial score (nSPS) is 20.5. The van der Waals surface area contributed by atoms with Crippen LogP contribution >= 0.6 is 0 Å². The Morgan fingerprint density at radius 3 is 2.32 bits per heavy atom. The minimum absolute atomic E-state index is 0.0680. The molecule has 2 saturated heterocycles. The molecule has 0 spiro atoms. The van der Waals surface area contributed by atoms with Crippen LogP contribution in [0.25, 0.3) is 0 Å². The molecule has 2 aliphatic heterocycles. The molecule has 0 aromatic heterocycles. The van der Waals surface area contributed by atoms with Crippen LogP contribution in [0.3, 0.4) is 0 Å². The molecule has 0 bridgehead atoms. The number of benzene rings is 1. The molecule has 31 heavy (non-hydrogen) atoms. The number of likely N-dealkylation sites (tertiary alicyclic amines) is 1. The van der Waals surface area contributed by atoms with E-state index < -0.39 is 18.0 Å². The average Bonchev–Trinajstić information content (AvgIpc) is 3.15. The molecule has 2 amide bonds. The first-order valence-corrected chi connectivity index (χ1v) is 10.8. The van der Waals surface area contributed by atoms with Gasteiger partial charge in [0.1, 0.15) is 0 Å². The summed E-state index contributed by atoms with van der Waals surface area (Å²) in [6.45, 7) is 6.72. The van der Waals surface area contributed by atoms with Crippen LogP contribution in [0.4, 0.5) is 5.69 Å². The fourth-order valence-corrected chi connectivity index (χ4v) is 4.01. The number of esters is 2. The third-order valence-electron chi connectivity index (χ3n) is 5.87. The monoisotopic (exact) mass is 430 g/mol. The van der Waals surface area contributed by atoms with E-state index in [1.807, 2.05) is 31.2 Å². The van der Waals surface area contributed by atoms with Crippen LogP contribution in [0.5, 0.6) is 0 Å². The highest BCUT2D eigenvalue weighted by Gasteiger charge is 2.38. The molecule has 8 nitrogen and oxygen atoms in total. The van der Waals surface area contributed by atoms with Gasteiger partial charge in [-0.15, -0.1) is 0 Å². The van der Waals surface area contributed by atoms with Crippen molar-refractivity contribution in [1.29, 1.82) is 0 Å². The highest BCUT2D eigenvalue weighted by Crippen LogP contribution is 2.27. The molecule has 0 saturated carbocycles. The Morgan fingerprint density at radius 1 is 1.06 bits per heavy atom. The molecule has 2 fully saturated rings. The zero-order valence-corrected chi connectivity index (χ0v) is 18.3. The van der Waals surface area contributed by atoms with Crippen LogP contribution in [-0.2, 0) is 28.7 Å². The predicted octanol–water partition coefficient (Wildman–Crippen LogP) is 2.08. The van der Waals surface area contributed by atoms with Gasteiger partial charge >= 0.3 is 11.9 Å². The number of ether oxygens (including phenoxy) is 2. The van der Waals surface area contributed by atoms with Crippen molar-refractivity contribution >= 4 is 29.4 Å². The first-order valence-electron chi connectivity index (χ1n) is 10.8. The second-order valence-electron chi connectivity index (χ2n) is 8.17. The highest BCUT2D eigenvalue weighted by atomic mass is 16.5. The van der Waals surface area contributed by atoms with Crippen molar-refractivity contribution in [3.05, 3.63) is 29.8 Å². The van der Waals surface area contributed by atoms with Crippen molar-refractivity contribution in [1.82, 2.24) is 4.90 Å². The molecule has 1 aromatic carbocycles. The Bertz CT molecular complexity index is 829. The van der Waals surface area contributed by atoms with Gasteiger partial charge in [0.2, 0.25) is 5.91 Å². The molecule has 2 aliphatic rings. The molecule has 1 aromatic rings. The van der Waals surface area contributed by atoms with Crippen LogP contribution in [0.1, 0.15) is 38.7 Å². The van der Waals surface area contributed by atoms with Crippen LogP contribution < -0.4 is 4.90 Å². The quantitative estimate of drug-likeness (QED) is 0.642. The molecule has 0 unspecified atom stereocenters. The molecular formula is C23H30N2O6. The van der Waals surface area contributed by atoms with E-state index in [0.717, 1.165) is 11.3 Å². The lowest BCUT2D eigenvalue weighted by Gasteiger charge is -2.32. The smallest absolute Gasteiger partial charge is 0.312 e. The van der Waals surface area contributed by atoms with Crippen LogP contribution in [0, 0.1) is 18.8 Å². The van der Waals surface area contributed by atoms with Gasteiger partial charge in [-0.25, -0.2) is 0 Å². The van der Waals surface area contributed by atoms with Gasteiger partial charge in [-0.2, -0.15) is 0 Å². The Morgan fingerprint density at radius 2 is 1.71 bits per heavy atom. The van der Waals surface area contributed by atoms with Gasteiger partial charge in [-0.05, 0) is 45.7 Å². The van der Waals surface area contributed by atoms with Gasteiger partial charge in [0, 0.05) is 31.7 Å². The fraction of sp³-hybridized carbons (Fsp3) is 0.565. The summed E-state index contributed by atoms with van der Waals surface area (Å²) in [6.07, 6.45) is 0.204. The van der Waals surface area contributed by atoms with Crippen molar-refractivity contribution in [2.45, 2.75) is 46.1 Å².